The first kappa shape index (κ1) is 6.01. The fraction of sp³-hybridized carbons (Fsp3) is 0. The third-order valence-corrected chi connectivity index (χ3v) is 1.44. The average molecular weight is 140 g/mol. The summed E-state index contributed by atoms with van der Waals surface area (Å²) in [5.74, 6) is 0. The predicted octanol–water partition coefficient (Wildman–Crippen LogP) is 1.41. The largest absolute Gasteiger partial charge is 0.267 e. The molecule has 3 nitrogen and oxygen atoms in total. The van der Waals surface area contributed by atoms with Crippen molar-refractivity contribution < 1.29 is 4.79 Å². The van der Waals surface area contributed by atoms with Crippen LogP contribution < -0.4 is 5.43 Å². The summed E-state index contributed by atoms with van der Waals surface area (Å²) in [6.07, 6.45) is 1.37. The van der Waals surface area contributed by atoms with Crippen LogP contribution >= 0.6 is 11.3 Å². The highest BCUT2D eigenvalue weighted by atomic mass is 32.1. The van der Waals surface area contributed by atoms with Gasteiger partial charge in [0.2, 0.25) is 0 Å². The van der Waals surface area contributed by atoms with Crippen molar-refractivity contribution in [1.29, 1.82) is 0 Å². The highest BCUT2D eigenvalue weighted by molar-refractivity contribution is 7.08. The minimum absolute atomic E-state index is 0.823. The van der Waals surface area contributed by atoms with Gasteiger partial charge in [-0.05, 0) is 11.4 Å². The van der Waals surface area contributed by atoms with Crippen molar-refractivity contribution in [3.63, 3.8) is 0 Å². The molecule has 0 bridgehead atoms. The Kier molecular flexibility index (Phi) is 2.01. The van der Waals surface area contributed by atoms with Gasteiger partial charge in [-0.3, -0.25) is 5.43 Å². The van der Waals surface area contributed by atoms with E-state index in [1.807, 2.05) is 16.8 Å². The Morgan fingerprint density at radius 2 is 2.67 bits per heavy atom. The molecule has 9 heavy (non-hydrogen) atoms. The van der Waals surface area contributed by atoms with Crippen molar-refractivity contribution in [3.8, 4) is 0 Å². The Labute approximate surface area is 56.0 Å². The number of carbonyl (C=O) groups excluding carboxylic acids is 1. The first-order valence-electron chi connectivity index (χ1n) is 2.28. The maximum absolute atomic E-state index is 9.55. The number of hydrazone groups is 1. The number of isocyanates is 1. The summed E-state index contributed by atoms with van der Waals surface area (Å²) in [5.41, 5.74) is 3.31. The normalized spacial score (nSPS) is 8.00. The molecule has 0 aliphatic rings. The van der Waals surface area contributed by atoms with E-state index in [4.69, 9.17) is 0 Å². The second-order valence-electron chi connectivity index (χ2n) is 1.33. The van der Waals surface area contributed by atoms with Gasteiger partial charge in [-0.25, -0.2) is 4.79 Å². The zero-order valence-electron chi connectivity index (χ0n) is 4.50. The van der Waals surface area contributed by atoms with E-state index in [2.05, 4.69) is 10.5 Å². The topological polar surface area (TPSA) is 41.5 Å². The number of thiophene rings is 1. The molecule has 0 atom stereocenters. The zero-order chi connectivity index (χ0) is 6.53. The van der Waals surface area contributed by atoms with Crippen molar-refractivity contribution in [2.24, 2.45) is 5.10 Å². The highest BCUT2D eigenvalue weighted by Crippen LogP contribution is 2.10. The summed E-state index contributed by atoms with van der Waals surface area (Å²) in [6.45, 7) is 0. The van der Waals surface area contributed by atoms with Gasteiger partial charge in [-0.2, -0.15) is 11.3 Å². The fourth-order valence-corrected chi connectivity index (χ4v) is 0.997. The summed E-state index contributed by atoms with van der Waals surface area (Å²) in [6, 6.07) is 1.82. The standard InChI is InChI=1S/C5H4N2OS/c8-4-6-7-5-1-2-9-3-5/h1-3,7H. The van der Waals surface area contributed by atoms with Crippen molar-refractivity contribution in [3.05, 3.63) is 16.8 Å². The molecular weight excluding hydrogens is 136 g/mol. The van der Waals surface area contributed by atoms with E-state index in [-0.39, 0.29) is 0 Å². The van der Waals surface area contributed by atoms with Crippen molar-refractivity contribution in [2.45, 2.75) is 0 Å². The Balaban J connectivity index is 2.57. The van der Waals surface area contributed by atoms with Gasteiger partial charge < -0.3 is 0 Å². The minimum atomic E-state index is 0.823. The zero-order valence-corrected chi connectivity index (χ0v) is 5.31. The Hall–Kier alpha value is -1.12. The third kappa shape index (κ3) is 1.68. The van der Waals surface area contributed by atoms with Crippen molar-refractivity contribution >= 4 is 23.1 Å². The van der Waals surface area contributed by atoms with Gasteiger partial charge in [0.05, 0.1) is 5.69 Å². The second kappa shape index (κ2) is 3.02. The molecule has 46 valence electrons. The summed E-state index contributed by atoms with van der Waals surface area (Å²) in [4.78, 5) is 9.55. The van der Waals surface area contributed by atoms with Gasteiger partial charge in [0.25, 0.3) is 6.08 Å². The number of hydrogen-bond donors (Lipinski definition) is 1. The smallest absolute Gasteiger partial charge is 0.258 e. The monoisotopic (exact) mass is 140 g/mol. The SMILES string of the molecule is O=C=NNc1ccsc1. The predicted molar refractivity (Wildman–Crippen MR) is 36.1 cm³/mol. The Morgan fingerprint density at radius 3 is 3.22 bits per heavy atom. The molecule has 0 amide bonds. The molecule has 1 aromatic heterocycles. The molecular formula is C5H4N2OS. The molecule has 0 saturated carbocycles. The third-order valence-electron chi connectivity index (χ3n) is 0.752. The summed E-state index contributed by atoms with van der Waals surface area (Å²) < 4.78 is 0. The van der Waals surface area contributed by atoms with E-state index in [9.17, 15) is 4.79 Å². The van der Waals surface area contributed by atoms with Crippen LogP contribution in [0.3, 0.4) is 0 Å². The van der Waals surface area contributed by atoms with Crippen molar-refractivity contribution in [1.82, 2.24) is 0 Å². The van der Waals surface area contributed by atoms with E-state index in [0.29, 0.717) is 0 Å². The quantitative estimate of drug-likeness (QED) is 0.383. The van der Waals surface area contributed by atoms with Gasteiger partial charge >= 0.3 is 0 Å². The van der Waals surface area contributed by atoms with E-state index in [1.54, 1.807) is 0 Å². The highest BCUT2D eigenvalue weighted by Gasteiger charge is 1.84. The fourth-order valence-electron chi connectivity index (χ4n) is 0.415. The van der Waals surface area contributed by atoms with Gasteiger partial charge in [-0.1, -0.05) is 5.10 Å². The first-order chi connectivity index (χ1) is 4.43. The van der Waals surface area contributed by atoms with E-state index < -0.39 is 0 Å². The number of nitrogens with one attached hydrogen (secondary N) is 1. The Bertz CT molecular complexity index is 213. The van der Waals surface area contributed by atoms with Crippen molar-refractivity contribution in [2.75, 3.05) is 5.43 Å². The summed E-state index contributed by atoms with van der Waals surface area (Å²) in [7, 11) is 0. The first-order valence-corrected chi connectivity index (χ1v) is 3.23. The van der Waals surface area contributed by atoms with Crippen LogP contribution in [0, 0.1) is 0 Å². The number of anilines is 1. The molecule has 0 fully saturated rings. The van der Waals surface area contributed by atoms with Gasteiger partial charge in [0, 0.05) is 5.38 Å². The lowest BCUT2D eigenvalue weighted by Gasteiger charge is -1.86. The maximum atomic E-state index is 9.55. The van der Waals surface area contributed by atoms with Crippen LogP contribution in [0.15, 0.2) is 21.9 Å². The van der Waals surface area contributed by atoms with Crippen LogP contribution in [0.5, 0.6) is 0 Å². The average Bonchev–Trinajstić information content (AvgIpc) is 2.34. The second-order valence-corrected chi connectivity index (χ2v) is 2.11. The van der Waals surface area contributed by atoms with E-state index in [1.165, 1.54) is 17.4 Å². The molecule has 0 radical (unpaired) electrons. The minimum Gasteiger partial charge on any atom is -0.267 e. The van der Waals surface area contributed by atoms with Crippen LogP contribution in [0.4, 0.5) is 5.69 Å². The molecule has 1 aromatic rings. The molecule has 1 N–H and O–H groups in total. The van der Waals surface area contributed by atoms with Gasteiger partial charge in [-0.15, -0.1) is 0 Å². The summed E-state index contributed by atoms with van der Waals surface area (Å²) in [5, 5.41) is 6.90. The van der Waals surface area contributed by atoms with Crippen LogP contribution in [-0.2, 0) is 4.79 Å². The van der Waals surface area contributed by atoms with E-state index >= 15 is 0 Å². The van der Waals surface area contributed by atoms with Gasteiger partial charge in [0.15, 0.2) is 0 Å². The molecule has 1 heterocycles. The molecule has 4 heteroatoms. The Morgan fingerprint density at radius 1 is 1.78 bits per heavy atom. The number of hydrogen-bond acceptors (Lipinski definition) is 4. The molecule has 0 unspecified atom stereocenters. The molecule has 0 aliphatic heterocycles. The number of rotatable bonds is 2. The molecule has 1 rings (SSSR count). The maximum Gasteiger partial charge on any atom is 0.258 e. The molecule has 0 spiro atoms. The lowest BCUT2D eigenvalue weighted by atomic mass is 10.6. The number of nitrogens with zero attached hydrogens (tertiary/aromatic N) is 1. The van der Waals surface area contributed by atoms with Crippen LogP contribution in [0.25, 0.3) is 0 Å². The lowest BCUT2D eigenvalue weighted by molar-refractivity contribution is 0.564. The summed E-state index contributed by atoms with van der Waals surface area (Å²) >= 11 is 1.54. The molecule has 0 aliphatic carbocycles. The molecule has 0 saturated heterocycles. The van der Waals surface area contributed by atoms with Crippen LogP contribution in [0.1, 0.15) is 0 Å². The van der Waals surface area contributed by atoms with Crippen LogP contribution in [0.2, 0.25) is 0 Å². The molecule has 0 aromatic carbocycles. The lowest BCUT2D eigenvalue weighted by Crippen LogP contribution is -1.81. The van der Waals surface area contributed by atoms with Crippen LogP contribution in [-0.4, -0.2) is 6.08 Å². The van der Waals surface area contributed by atoms with E-state index in [0.717, 1.165) is 5.69 Å². The van der Waals surface area contributed by atoms with Gasteiger partial charge in [0.1, 0.15) is 0 Å².